The second-order valence-electron chi connectivity index (χ2n) is 2.04. The van der Waals surface area contributed by atoms with Gasteiger partial charge in [0.15, 0.2) is 12.6 Å². The van der Waals surface area contributed by atoms with E-state index in [1.54, 1.807) is 0 Å². The highest BCUT2D eigenvalue weighted by Gasteiger charge is 2.45. The van der Waals surface area contributed by atoms with Crippen LogP contribution in [0.25, 0.3) is 0 Å². The molecule has 1 rings (SSSR count). The van der Waals surface area contributed by atoms with Crippen LogP contribution in [0.4, 0.5) is 0 Å². The van der Waals surface area contributed by atoms with Crippen molar-refractivity contribution in [2.24, 2.45) is 0 Å². The van der Waals surface area contributed by atoms with Crippen LogP contribution in [-0.2, 0) is 19.0 Å². The van der Waals surface area contributed by atoms with E-state index >= 15 is 0 Å². The first-order chi connectivity index (χ1) is 4.83. The Morgan fingerprint density at radius 1 is 1.50 bits per heavy atom. The Balaban J connectivity index is 2.29. The predicted molar refractivity (Wildman–Crippen MR) is 32.5 cm³/mol. The Bertz CT molecular complexity index is 121. The lowest BCUT2D eigenvalue weighted by Gasteiger charge is -2.08. The van der Waals surface area contributed by atoms with Crippen LogP contribution in [0.5, 0.6) is 0 Å². The topological polar surface area (TPSA) is 48.1 Å². The monoisotopic (exact) mass is 146 g/mol. The number of hydrogen-bond donors (Lipinski definition) is 0. The number of aldehydes is 1. The molecule has 10 heavy (non-hydrogen) atoms. The molecule has 1 aliphatic heterocycles. The standard InChI is InChI=1S/C6H10O4/c1-8-6(9-2)5-4(3-7)10-5/h3-6H,1-2H3. The molecular formula is C6H10O4. The summed E-state index contributed by atoms with van der Waals surface area (Å²) in [5.74, 6) is 0. The summed E-state index contributed by atoms with van der Waals surface area (Å²) < 4.78 is 14.6. The van der Waals surface area contributed by atoms with Crippen LogP contribution in [0.3, 0.4) is 0 Å². The molecule has 4 nitrogen and oxygen atoms in total. The van der Waals surface area contributed by atoms with Gasteiger partial charge in [-0.1, -0.05) is 0 Å². The molecule has 0 amide bonds. The van der Waals surface area contributed by atoms with Crippen LogP contribution in [0.1, 0.15) is 0 Å². The zero-order chi connectivity index (χ0) is 7.56. The summed E-state index contributed by atoms with van der Waals surface area (Å²) >= 11 is 0. The molecule has 4 heteroatoms. The molecule has 58 valence electrons. The Hall–Kier alpha value is -0.450. The third-order valence-corrected chi connectivity index (χ3v) is 1.43. The summed E-state index contributed by atoms with van der Waals surface area (Å²) in [5, 5.41) is 0. The fourth-order valence-corrected chi connectivity index (χ4v) is 0.829. The normalized spacial score (nSPS) is 30.7. The molecule has 1 aliphatic rings. The fraction of sp³-hybridized carbons (Fsp3) is 0.833. The van der Waals surface area contributed by atoms with Gasteiger partial charge in [0.25, 0.3) is 0 Å². The molecule has 0 aromatic heterocycles. The number of ether oxygens (including phenoxy) is 3. The van der Waals surface area contributed by atoms with Gasteiger partial charge >= 0.3 is 0 Å². The van der Waals surface area contributed by atoms with E-state index in [0.29, 0.717) is 0 Å². The van der Waals surface area contributed by atoms with E-state index in [9.17, 15) is 4.79 Å². The lowest BCUT2D eigenvalue weighted by atomic mass is 10.3. The average molecular weight is 146 g/mol. The second-order valence-corrected chi connectivity index (χ2v) is 2.04. The van der Waals surface area contributed by atoms with E-state index in [1.807, 2.05) is 0 Å². The van der Waals surface area contributed by atoms with E-state index < -0.39 is 6.29 Å². The molecule has 0 spiro atoms. The molecule has 0 saturated carbocycles. The highest BCUT2D eigenvalue weighted by atomic mass is 16.7. The maximum absolute atomic E-state index is 10.1. The van der Waals surface area contributed by atoms with Crippen molar-refractivity contribution in [3.8, 4) is 0 Å². The third-order valence-electron chi connectivity index (χ3n) is 1.43. The number of hydrogen-bond acceptors (Lipinski definition) is 4. The predicted octanol–water partition coefficient (Wildman–Crippen LogP) is -0.428. The van der Waals surface area contributed by atoms with E-state index in [-0.39, 0.29) is 12.2 Å². The van der Waals surface area contributed by atoms with Crippen molar-refractivity contribution < 1.29 is 19.0 Å². The second kappa shape index (κ2) is 3.09. The van der Waals surface area contributed by atoms with Crippen LogP contribution in [0.15, 0.2) is 0 Å². The van der Waals surface area contributed by atoms with E-state index in [1.165, 1.54) is 14.2 Å². The Kier molecular flexibility index (Phi) is 2.37. The smallest absolute Gasteiger partial charge is 0.186 e. The molecule has 0 bridgehead atoms. The molecule has 1 fully saturated rings. The van der Waals surface area contributed by atoms with Gasteiger partial charge in [0.1, 0.15) is 12.2 Å². The molecule has 0 radical (unpaired) electrons. The number of methoxy groups -OCH3 is 2. The van der Waals surface area contributed by atoms with Crippen LogP contribution >= 0.6 is 0 Å². The van der Waals surface area contributed by atoms with Gasteiger partial charge in [0.05, 0.1) is 0 Å². The number of rotatable bonds is 4. The lowest BCUT2D eigenvalue weighted by molar-refractivity contribution is -0.116. The van der Waals surface area contributed by atoms with Gasteiger partial charge in [0.2, 0.25) is 0 Å². The van der Waals surface area contributed by atoms with Gasteiger partial charge in [-0.15, -0.1) is 0 Å². The van der Waals surface area contributed by atoms with Crippen LogP contribution in [0.2, 0.25) is 0 Å². The van der Waals surface area contributed by atoms with Gasteiger partial charge in [-0.3, -0.25) is 0 Å². The molecule has 0 aromatic carbocycles. The number of carbonyl (C=O) groups excluding carboxylic acids is 1. The van der Waals surface area contributed by atoms with Gasteiger partial charge in [-0.2, -0.15) is 0 Å². The number of epoxide rings is 1. The lowest BCUT2D eigenvalue weighted by Crippen LogP contribution is -2.22. The summed E-state index contributed by atoms with van der Waals surface area (Å²) in [4.78, 5) is 10.1. The average Bonchev–Trinajstić information content (AvgIpc) is 2.70. The van der Waals surface area contributed by atoms with Crippen molar-refractivity contribution >= 4 is 6.29 Å². The molecule has 0 N–H and O–H groups in total. The molecular weight excluding hydrogens is 136 g/mol. The Morgan fingerprint density at radius 3 is 2.40 bits per heavy atom. The third kappa shape index (κ3) is 1.34. The summed E-state index contributed by atoms with van der Waals surface area (Å²) in [6.07, 6.45) is -0.192. The first kappa shape index (κ1) is 7.65. The summed E-state index contributed by atoms with van der Waals surface area (Å²) in [6, 6.07) is 0. The maximum Gasteiger partial charge on any atom is 0.186 e. The molecule has 0 aromatic rings. The van der Waals surface area contributed by atoms with Crippen LogP contribution in [-0.4, -0.2) is 39.0 Å². The molecule has 1 heterocycles. The van der Waals surface area contributed by atoms with Crippen molar-refractivity contribution in [3.05, 3.63) is 0 Å². The Labute approximate surface area is 59.1 Å². The van der Waals surface area contributed by atoms with Gasteiger partial charge in [-0.25, -0.2) is 0 Å². The van der Waals surface area contributed by atoms with Crippen LogP contribution in [0, 0.1) is 0 Å². The molecule has 2 unspecified atom stereocenters. The fourth-order valence-electron chi connectivity index (χ4n) is 0.829. The quantitative estimate of drug-likeness (QED) is 0.307. The minimum Gasteiger partial charge on any atom is -0.356 e. The maximum atomic E-state index is 10.1. The highest BCUT2D eigenvalue weighted by molar-refractivity contribution is 5.60. The molecule has 0 aliphatic carbocycles. The zero-order valence-electron chi connectivity index (χ0n) is 5.94. The molecule has 2 atom stereocenters. The first-order valence-electron chi connectivity index (χ1n) is 3.00. The van der Waals surface area contributed by atoms with Crippen molar-refractivity contribution in [1.29, 1.82) is 0 Å². The summed E-state index contributed by atoms with van der Waals surface area (Å²) in [5.41, 5.74) is 0. The highest BCUT2D eigenvalue weighted by Crippen LogP contribution is 2.25. The van der Waals surface area contributed by atoms with E-state index in [2.05, 4.69) is 0 Å². The summed E-state index contributed by atoms with van der Waals surface area (Å²) in [7, 11) is 3.02. The van der Waals surface area contributed by atoms with Gasteiger partial charge in [-0.05, 0) is 0 Å². The van der Waals surface area contributed by atoms with Gasteiger partial charge in [0, 0.05) is 14.2 Å². The number of carbonyl (C=O) groups is 1. The minimum atomic E-state index is -0.407. The van der Waals surface area contributed by atoms with Crippen molar-refractivity contribution in [2.75, 3.05) is 14.2 Å². The largest absolute Gasteiger partial charge is 0.356 e. The Morgan fingerprint density at radius 2 is 2.10 bits per heavy atom. The SMILES string of the molecule is COC(OC)C1OC1C=O. The minimum absolute atomic E-state index is 0.201. The van der Waals surface area contributed by atoms with Crippen molar-refractivity contribution in [2.45, 2.75) is 18.5 Å². The van der Waals surface area contributed by atoms with Gasteiger partial charge < -0.3 is 19.0 Å². The first-order valence-corrected chi connectivity index (χ1v) is 3.00. The van der Waals surface area contributed by atoms with Crippen LogP contribution < -0.4 is 0 Å². The van der Waals surface area contributed by atoms with E-state index in [0.717, 1.165) is 6.29 Å². The molecule has 1 saturated heterocycles. The van der Waals surface area contributed by atoms with E-state index in [4.69, 9.17) is 14.2 Å². The zero-order valence-corrected chi connectivity index (χ0v) is 5.94. The summed E-state index contributed by atoms with van der Waals surface area (Å²) in [6.45, 7) is 0. The van der Waals surface area contributed by atoms with Crippen molar-refractivity contribution in [1.82, 2.24) is 0 Å². The van der Waals surface area contributed by atoms with Crippen molar-refractivity contribution in [3.63, 3.8) is 0 Å².